The molecule has 0 fully saturated rings. The van der Waals surface area contributed by atoms with E-state index < -0.39 is 0 Å². The van der Waals surface area contributed by atoms with Crippen molar-refractivity contribution in [3.63, 3.8) is 0 Å². The minimum Gasteiger partial charge on any atom is -0.368 e. The summed E-state index contributed by atoms with van der Waals surface area (Å²) in [6.45, 7) is 0. The zero-order valence-corrected chi connectivity index (χ0v) is 13.2. The van der Waals surface area contributed by atoms with E-state index >= 15 is 0 Å². The maximum absolute atomic E-state index is 5.77. The second kappa shape index (κ2) is 7.55. The summed E-state index contributed by atoms with van der Waals surface area (Å²) in [5.41, 5.74) is 7.71. The highest BCUT2D eigenvalue weighted by Gasteiger charge is 2.05. The van der Waals surface area contributed by atoms with Crippen molar-refractivity contribution in [2.75, 3.05) is 11.1 Å². The van der Waals surface area contributed by atoms with Crippen molar-refractivity contribution >= 4 is 29.3 Å². The van der Waals surface area contributed by atoms with Gasteiger partial charge in [-0.25, -0.2) is 0 Å². The van der Waals surface area contributed by atoms with Gasteiger partial charge in [-0.2, -0.15) is 15.0 Å². The lowest BCUT2D eigenvalue weighted by atomic mass is 10.3. The molecule has 0 amide bonds. The zero-order valence-electron chi connectivity index (χ0n) is 12.4. The molecule has 0 atom stereocenters. The Morgan fingerprint density at radius 1 is 0.913 bits per heavy atom. The van der Waals surface area contributed by atoms with Gasteiger partial charge in [0.25, 0.3) is 0 Å². The van der Waals surface area contributed by atoms with Gasteiger partial charge < -0.3 is 11.1 Å². The third-order valence-electron chi connectivity index (χ3n) is 2.94. The standard InChI is InChI=1S/C16H16N6S/c17-15-20-14(11-23-10-13-8-4-5-9-18-13)21-16(22-15)19-12-6-2-1-3-7-12/h1-9H,10-11H2,(H3,17,19,20,21,22). The molecule has 23 heavy (non-hydrogen) atoms. The van der Waals surface area contributed by atoms with E-state index in [0.29, 0.717) is 17.5 Å². The van der Waals surface area contributed by atoms with Gasteiger partial charge in [0.1, 0.15) is 5.82 Å². The van der Waals surface area contributed by atoms with Crippen LogP contribution in [0.2, 0.25) is 0 Å². The third-order valence-corrected chi connectivity index (χ3v) is 3.90. The number of nitrogen functional groups attached to an aromatic ring is 1. The van der Waals surface area contributed by atoms with E-state index in [1.807, 2.05) is 48.5 Å². The Bertz CT molecular complexity index is 751. The van der Waals surface area contributed by atoms with Crippen LogP contribution in [0, 0.1) is 0 Å². The minimum absolute atomic E-state index is 0.215. The van der Waals surface area contributed by atoms with Crippen LogP contribution in [0.3, 0.4) is 0 Å². The maximum atomic E-state index is 5.77. The summed E-state index contributed by atoms with van der Waals surface area (Å²) in [6.07, 6.45) is 1.79. The third kappa shape index (κ3) is 4.65. The van der Waals surface area contributed by atoms with Crippen LogP contribution in [-0.2, 0) is 11.5 Å². The number of para-hydroxylation sites is 1. The zero-order chi connectivity index (χ0) is 15.9. The van der Waals surface area contributed by atoms with Crippen molar-refractivity contribution < 1.29 is 0 Å². The van der Waals surface area contributed by atoms with Crippen LogP contribution >= 0.6 is 11.8 Å². The van der Waals surface area contributed by atoms with Crippen molar-refractivity contribution in [1.82, 2.24) is 19.9 Å². The van der Waals surface area contributed by atoms with Crippen LogP contribution in [0.5, 0.6) is 0 Å². The molecule has 3 aromatic rings. The van der Waals surface area contributed by atoms with Crippen molar-refractivity contribution in [3.05, 3.63) is 66.2 Å². The number of anilines is 3. The molecule has 0 bridgehead atoms. The number of thioether (sulfide) groups is 1. The van der Waals surface area contributed by atoms with E-state index in [1.165, 1.54) is 0 Å². The molecule has 0 spiro atoms. The number of benzene rings is 1. The fraction of sp³-hybridized carbons (Fsp3) is 0.125. The van der Waals surface area contributed by atoms with Gasteiger partial charge in [0.15, 0.2) is 0 Å². The van der Waals surface area contributed by atoms with Gasteiger partial charge in [-0.15, -0.1) is 11.8 Å². The molecule has 0 radical (unpaired) electrons. The number of pyridine rings is 1. The van der Waals surface area contributed by atoms with Crippen molar-refractivity contribution in [3.8, 4) is 0 Å². The predicted molar refractivity (Wildman–Crippen MR) is 93.2 cm³/mol. The second-order valence-corrected chi connectivity index (χ2v) is 5.72. The maximum Gasteiger partial charge on any atom is 0.232 e. The molecule has 0 aliphatic carbocycles. The van der Waals surface area contributed by atoms with Crippen molar-refractivity contribution in [2.24, 2.45) is 0 Å². The Labute approximate surface area is 138 Å². The van der Waals surface area contributed by atoms with Crippen LogP contribution < -0.4 is 11.1 Å². The number of nitrogens with two attached hydrogens (primary N) is 1. The molecule has 0 aliphatic rings. The lowest BCUT2D eigenvalue weighted by molar-refractivity contribution is 0.981. The lowest BCUT2D eigenvalue weighted by Crippen LogP contribution is -2.06. The first-order valence-electron chi connectivity index (χ1n) is 7.10. The Kier molecular flexibility index (Phi) is 5.00. The van der Waals surface area contributed by atoms with E-state index in [0.717, 1.165) is 17.1 Å². The molecule has 6 nitrogen and oxygen atoms in total. The van der Waals surface area contributed by atoms with Crippen LogP contribution in [0.1, 0.15) is 11.5 Å². The Morgan fingerprint density at radius 3 is 2.52 bits per heavy atom. The first-order chi connectivity index (χ1) is 11.3. The van der Waals surface area contributed by atoms with Gasteiger partial charge in [-0.05, 0) is 24.3 Å². The van der Waals surface area contributed by atoms with Crippen LogP contribution in [0.4, 0.5) is 17.6 Å². The summed E-state index contributed by atoms with van der Waals surface area (Å²) in [4.78, 5) is 17.0. The average Bonchev–Trinajstić information content (AvgIpc) is 2.56. The largest absolute Gasteiger partial charge is 0.368 e. The Balaban J connectivity index is 1.63. The van der Waals surface area contributed by atoms with Crippen LogP contribution in [-0.4, -0.2) is 19.9 Å². The minimum atomic E-state index is 0.215. The van der Waals surface area contributed by atoms with Crippen LogP contribution in [0.25, 0.3) is 0 Å². The summed E-state index contributed by atoms with van der Waals surface area (Å²) in [6, 6.07) is 15.6. The van der Waals surface area contributed by atoms with Gasteiger partial charge >= 0.3 is 0 Å². The molecule has 0 unspecified atom stereocenters. The molecule has 7 heteroatoms. The van der Waals surface area contributed by atoms with Crippen LogP contribution in [0.15, 0.2) is 54.7 Å². The topological polar surface area (TPSA) is 89.6 Å². The first kappa shape index (κ1) is 15.2. The van der Waals surface area contributed by atoms with Gasteiger partial charge in [0.2, 0.25) is 11.9 Å². The molecular weight excluding hydrogens is 308 g/mol. The SMILES string of the molecule is Nc1nc(CSCc2ccccn2)nc(Nc2ccccc2)n1. The monoisotopic (exact) mass is 324 g/mol. The van der Waals surface area contributed by atoms with Gasteiger partial charge in [-0.1, -0.05) is 24.3 Å². The van der Waals surface area contributed by atoms with Gasteiger partial charge in [0.05, 0.1) is 11.4 Å². The van der Waals surface area contributed by atoms with Crippen molar-refractivity contribution in [2.45, 2.75) is 11.5 Å². The fourth-order valence-corrected chi connectivity index (χ4v) is 2.73. The van der Waals surface area contributed by atoms with Crippen molar-refractivity contribution in [1.29, 1.82) is 0 Å². The summed E-state index contributed by atoms with van der Waals surface area (Å²) in [5, 5.41) is 3.13. The smallest absolute Gasteiger partial charge is 0.232 e. The summed E-state index contributed by atoms with van der Waals surface area (Å²) in [5.74, 6) is 2.77. The van der Waals surface area contributed by atoms with E-state index in [2.05, 4.69) is 25.3 Å². The Morgan fingerprint density at radius 2 is 1.74 bits per heavy atom. The molecule has 0 saturated carbocycles. The van der Waals surface area contributed by atoms with E-state index in [1.54, 1.807) is 18.0 Å². The molecule has 0 saturated heterocycles. The molecule has 1 aromatic carbocycles. The van der Waals surface area contributed by atoms with E-state index in [4.69, 9.17) is 5.73 Å². The van der Waals surface area contributed by atoms with Gasteiger partial charge in [0, 0.05) is 17.6 Å². The molecule has 0 aliphatic heterocycles. The molecule has 2 heterocycles. The molecular formula is C16H16N6S. The quantitative estimate of drug-likeness (QED) is 0.720. The highest BCUT2D eigenvalue weighted by Crippen LogP contribution is 2.17. The molecule has 3 rings (SSSR count). The fourth-order valence-electron chi connectivity index (χ4n) is 1.94. The number of hydrogen-bond acceptors (Lipinski definition) is 7. The highest BCUT2D eigenvalue weighted by molar-refractivity contribution is 7.97. The second-order valence-electron chi connectivity index (χ2n) is 4.74. The summed E-state index contributed by atoms with van der Waals surface area (Å²) < 4.78 is 0. The first-order valence-corrected chi connectivity index (χ1v) is 8.25. The summed E-state index contributed by atoms with van der Waals surface area (Å²) in [7, 11) is 0. The van der Waals surface area contributed by atoms with E-state index in [-0.39, 0.29) is 5.95 Å². The highest BCUT2D eigenvalue weighted by atomic mass is 32.2. The predicted octanol–water partition coefficient (Wildman–Crippen LogP) is 3.03. The molecule has 116 valence electrons. The van der Waals surface area contributed by atoms with Gasteiger partial charge in [-0.3, -0.25) is 4.98 Å². The average molecular weight is 324 g/mol. The number of hydrogen-bond donors (Lipinski definition) is 2. The number of aromatic nitrogens is 4. The molecule has 3 N–H and O–H groups in total. The number of nitrogens with zero attached hydrogens (tertiary/aromatic N) is 4. The van der Waals surface area contributed by atoms with E-state index in [9.17, 15) is 0 Å². The number of nitrogens with one attached hydrogen (secondary N) is 1. The summed E-state index contributed by atoms with van der Waals surface area (Å²) >= 11 is 1.68. The lowest BCUT2D eigenvalue weighted by Gasteiger charge is -2.07. The Hall–Kier alpha value is -2.67. The molecule has 2 aromatic heterocycles. The normalized spacial score (nSPS) is 10.4. The number of rotatable bonds is 6.